The predicted molar refractivity (Wildman–Crippen MR) is 79.1 cm³/mol. The Morgan fingerprint density at radius 1 is 1.43 bits per heavy atom. The fourth-order valence-electron chi connectivity index (χ4n) is 1.66. The summed E-state index contributed by atoms with van der Waals surface area (Å²) in [6.45, 7) is 4.27. The van der Waals surface area contributed by atoms with Crippen LogP contribution in [-0.2, 0) is 15.0 Å². The number of hydrogen-bond acceptors (Lipinski definition) is 4. The molecule has 0 spiro atoms. The maximum absolute atomic E-state index is 11.7. The van der Waals surface area contributed by atoms with Crippen LogP contribution in [-0.4, -0.2) is 35.6 Å². The van der Waals surface area contributed by atoms with Crippen molar-refractivity contribution in [3.63, 3.8) is 0 Å². The van der Waals surface area contributed by atoms with Gasteiger partial charge in [-0.1, -0.05) is 19.9 Å². The number of rotatable bonds is 7. The van der Waals surface area contributed by atoms with E-state index < -0.39 is 30.4 Å². The van der Waals surface area contributed by atoms with Crippen molar-refractivity contribution in [2.24, 2.45) is 5.73 Å². The number of amides is 3. The zero-order valence-electron chi connectivity index (χ0n) is 11.9. The Morgan fingerprint density at radius 3 is 2.57 bits per heavy atom. The third-order valence-electron chi connectivity index (χ3n) is 2.89. The molecular weight excluding hydrogens is 294 g/mol. The minimum atomic E-state index is -1.33. The number of primary amides is 1. The molecule has 0 aliphatic heterocycles. The fourth-order valence-corrected chi connectivity index (χ4v) is 2.51. The minimum absolute atomic E-state index is 0.270. The van der Waals surface area contributed by atoms with Crippen molar-refractivity contribution in [1.82, 2.24) is 10.6 Å². The largest absolute Gasteiger partial charge is 0.480 e. The molecule has 1 atom stereocenters. The molecule has 1 aromatic heterocycles. The SMILES string of the molecule is CC(C)(CNC(=O)N[C@@H](CC(N)=O)C(=O)O)c1cccs1. The Hall–Kier alpha value is -2.09. The Kier molecular flexibility index (Phi) is 5.71. The van der Waals surface area contributed by atoms with Crippen molar-refractivity contribution in [3.05, 3.63) is 22.4 Å². The van der Waals surface area contributed by atoms with Crippen LogP contribution in [0.2, 0.25) is 0 Å². The normalized spacial score (nSPS) is 12.5. The highest BCUT2D eigenvalue weighted by Crippen LogP contribution is 2.26. The molecule has 8 heteroatoms. The van der Waals surface area contributed by atoms with Crippen molar-refractivity contribution in [3.8, 4) is 0 Å². The van der Waals surface area contributed by atoms with Crippen LogP contribution in [0.4, 0.5) is 4.79 Å². The molecule has 5 N–H and O–H groups in total. The van der Waals surface area contributed by atoms with Crippen molar-refractivity contribution in [1.29, 1.82) is 0 Å². The van der Waals surface area contributed by atoms with Crippen molar-refractivity contribution < 1.29 is 19.5 Å². The van der Waals surface area contributed by atoms with Crippen LogP contribution in [0.25, 0.3) is 0 Å². The Labute approximate surface area is 126 Å². The van der Waals surface area contributed by atoms with Crippen LogP contribution < -0.4 is 16.4 Å². The number of thiophene rings is 1. The summed E-state index contributed by atoms with van der Waals surface area (Å²) < 4.78 is 0. The van der Waals surface area contributed by atoms with E-state index in [1.807, 2.05) is 31.4 Å². The molecule has 0 bridgehead atoms. The number of carboxylic acids is 1. The molecule has 0 fully saturated rings. The summed E-state index contributed by atoms with van der Waals surface area (Å²) in [7, 11) is 0. The lowest BCUT2D eigenvalue weighted by atomic mass is 9.91. The quantitative estimate of drug-likeness (QED) is 0.590. The lowest BCUT2D eigenvalue weighted by Gasteiger charge is -2.24. The zero-order chi connectivity index (χ0) is 16.0. The van der Waals surface area contributed by atoms with E-state index in [1.165, 1.54) is 0 Å². The highest BCUT2D eigenvalue weighted by atomic mass is 32.1. The smallest absolute Gasteiger partial charge is 0.326 e. The molecule has 0 aromatic carbocycles. The van der Waals surface area contributed by atoms with E-state index in [2.05, 4.69) is 10.6 Å². The molecule has 0 saturated heterocycles. The second-order valence-electron chi connectivity index (χ2n) is 5.25. The first-order chi connectivity index (χ1) is 9.72. The van der Waals surface area contributed by atoms with Crippen molar-refractivity contribution in [2.45, 2.75) is 31.7 Å². The number of nitrogens with two attached hydrogens (primary N) is 1. The molecular formula is C13H19N3O4S. The second-order valence-corrected chi connectivity index (χ2v) is 6.20. The van der Waals surface area contributed by atoms with Crippen LogP contribution in [0, 0.1) is 0 Å². The van der Waals surface area contributed by atoms with Gasteiger partial charge in [0.25, 0.3) is 0 Å². The van der Waals surface area contributed by atoms with Gasteiger partial charge in [-0.15, -0.1) is 11.3 Å². The molecule has 0 radical (unpaired) electrons. The molecule has 0 unspecified atom stereocenters. The van der Waals surface area contributed by atoms with Crippen molar-refractivity contribution in [2.75, 3.05) is 6.54 Å². The topological polar surface area (TPSA) is 122 Å². The van der Waals surface area contributed by atoms with Gasteiger partial charge in [0.2, 0.25) is 5.91 Å². The van der Waals surface area contributed by atoms with E-state index in [0.29, 0.717) is 6.54 Å². The second kappa shape index (κ2) is 7.07. The molecule has 21 heavy (non-hydrogen) atoms. The highest BCUT2D eigenvalue weighted by molar-refractivity contribution is 7.10. The van der Waals surface area contributed by atoms with E-state index in [-0.39, 0.29) is 5.41 Å². The fraction of sp³-hybridized carbons (Fsp3) is 0.462. The van der Waals surface area contributed by atoms with Gasteiger partial charge in [0.05, 0.1) is 6.42 Å². The third-order valence-corrected chi connectivity index (χ3v) is 4.12. The Bertz CT molecular complexity index is 513. The van der Waals surface area contributed by atoms with Crippen LogP contribution in [0.5, 0.6) is 0 Å². The van der Waals surface area contributed by atoms with Crippen molar-refractivity contribution >= 4 is 29.2 Å². The monoisotopic (exact) mass is 313 g/mol. The van der Waals surface area contributed by atoms with Crippen LogP contribution in [0.3, 0.4) is 0 Å². The van der Waals surface area contributed by atoms with Gasteiger partial charge in [-0.2, -0.15) is 0 Å². The first kappa shape index (κ1) is 17.0. The summed E-state index contributed by atoms with van der Waals surface area (Å²) in [5, 5.41) is 15.7. The molecule has 1 aromatic rings. The van der Waals surface area contributed by atoms with Gasteiger partial charge in [-0.25, -0.2) is 9.59 Å². The lowest BCUT2D eigenvalue weighted by Crippen LogP contribution is -2.49. The number of hydrogen-bond donors (Lipinski definition) is 4. The first-order valence-electron chi connectivity index (χ1n) is 6.32. The van der Waals surface area contributed by atoms with Gasteiger partial charge in [0.15, 0.2) is 0 Å². The van der Waals surface area contributed by atoms with Crippen LogP contribution in [0.1, 0.15) is 25.1 Å². The standard InChI is InChI=1S/C13H19N3O4S/c1-13(2,9-4-3-5-21-9)7-15-12(20)16-8(11(18)19)6-10(14)17/h3-5,8H,6-7H2,1-2H3,(H2,14,17)(H,18,19)(H2,15,16,20)/t8-/m0/s1. The van der Waals surface area contributed by atoms with Gasteiger partial charge in [0.1, 0.15) is 6.04 Å². The number of carbonyl (C=O) groups is 3. The summed E-state index contributed by atoms with van der Waals surface area (Å²) >= 11 is 1.58. The maximum atomic E-state index is 11.7. The summed E-state index contributed by atoms with van der Waals surface area (Å²) in [4.78, 5) is 34.5. The van der Waals surface area contributed by atoms with E-state index >= 15 is 0 Å². The van der Waals surface area contributed by atoms with E-state index in [1.54, 1.807) is 11.3 Å². The van der Waals surface area contributed by atoms with Gasteiger partial charge < -0.3 is 21.5 Å². The summed E-state index contributed by atoms with van der Waals surface area (Å²) in [5.41, 5.74) is 4.67. The zero-order valence-corrected chi connectivity index (χ0v) is 12.7. The molecule has 116 valence electrons. The van der Waals surface area contributed by atoms with E-state index in [0.717, 1.165) is 4.88 Å². The van der Waals surface area contributed by atoms with Crippen LogP contribution in [0.15, 0.2) is 17.5 Å². The molecule has 0 aliphatic rings. The number of nitrogens with one attached hydrogen (secondary N) is 2. The molecule has 1 rings (SSSR count). The lowest BCUT2D eigenvalue weighted by molar-refractivity contribution is -0.140. The van der Waals surface area contributed by atoms with Gasteiger partial charge in [-0.3, -0.25) is 4.79 Å². The average Bonchev–Trinajstić information content (AvgIpc) is 2.89. The predicted octanol–water partition coefficient (Wildman–Crippen LogP) is 0.654. The Balaban J connectivity index is 2.53. The summed E-state index contributed by atoms with van der Waals surface area (Å²) in [6, 6.07) is 1.92. The Morgan fingerprint density at radius 2 is 2.10 bits per heavy atom. The molecule has 3 amide bonds. The van der Waals surface area contributed by atoms with Gasteiger partial charge >= 0.3 is 12.0 Å². The number of aliphatic carboxylic acids is 1. The number of carboxylic acid groups (broad SMARTS) is 1. The number of carbonyl (C=O) groups excluding carboxylic acids is 2. The maximum Gasteiger partial charge on any atom is 0.326 e. The molecule has 1 heterocycles. The van der Waals surface area contributed by atoms with Gasteiger partial charge in [0, 0.05) is 16.8 Å². The third kappa shape index (κ3) is 5.42. The number of urea groups is 1. The molecule has 7 nitrogen and oxygen atoms in total. The molecule has 0 saturated carbocycles. The summed E-state index contributed by atoms with van der Waals surface area (Å²) in [6.07, 6.45) is -0.447. The minimum Gasteiger partial charge on any atom is -0.480 e. The van der Waals surface area contributed by atoms with Crippen LogP contribution >= 0.6 is 11.3 Å². The highest BCUT2D eigenvalue weighted by Gasteiger charge is 2.25. The van der Waals surface area contributed by atoms with Gasteiger partial charge in [-0.05, 0) is 11.4 Å². The average molecular weight is 313 g/mol. The van der Waals surface area contributed by atoms with E-state index in [9.17, 15) is 14.4 Å². The first-order valence-corrected chi connectivity index (χ1v) is 7.20. The molecule has 0 aliphatic carbocycles. The van der Waals surface area contributed by atoms with E-state index in [4.69, 9.17) is 10.8 Å². The summed E-state index contributed by atoms with van der Waals surface area (Å²) in [5.74, 6) is -2.09.